The Bertz CT molecular complexity index is 312. The highest BCUT2D eigenvalue weighted by molar-refractivity contribution is 5.31. The molecule has 0 aliphatic rings. The number of benzene rings is 1. The van der Waals surface area contributed by atoms with Crippen LogP contribution in [0.3, 0.4) is 0 Å². The molecule has 0 heterocycles. The molecular formula is C11H17NO5. The van der Waals surface area contributed by atoms with E-state index in [-0.39, 0.29) is 38.7 Å². The summed E-state index contributed by atoms with van der Waals surface area (Å²) >= 11 is 0. The Kier molecular flexibility index (Phi) is 6.53. The average molecular weight is 243 g/mol. The molecule has 0 bridgehead atoms. The zero-order valence-corrected chi connectivity index (χ0v) is 9.45. The van der Waals surface area contributed by atoms with Gasteiger partial charge in [-0.1, -0.05) is 23.4 Å². The first kappa shape index (κ1) is 13.9. The van der Waals surface area contributed by atoms with Crippen LogP contribution in [0.4, 0.5) is 0 Å². The molecule has 0 radical (unpaired) electrons. The van der Waals surface area contributed by atoms with E-state index in [0.717, 1.165) is 5.23 Å². The van der Waals surface area contributed by atoms with Gasteiger partial charge in [0.05, 0.1) is 33.0 Å². The second-order valence-electron chi connectivity index (χ2n) is 3.23. The van der Waals surface area contributed by atoms with Gasteiger partial charge in [0.25, 0.3) is 0 Å². The van der Waals surface area contributed by atoms with Gasteiger partial charge in [-0.2, -0.15) is 0 Å². The number of aliphatic hydroxyl groups excluding tert-OH is 2. The molecule has 0 atom stereocenters. The van der Waals surface area contributed by atoms with E-state index >= 15 is 0 Å². The predicted octanol–water partition coefficient (Wildman–Crippen LogP) is 0.0420. The van der Waals surface area contributed by atoms with Gasteiger partial charge in [0.1, 0.15) is 5.75 Å². The van der Waals surface area contributed by atoms with Gasteiger partial charge in [-0.15, -0.1) is 0 Å². The van der Waals surface area contributed by atoms with Crippen LogP contribution in [0, 0.1) is 0 Å². The van der Waals surface area contributed by atoms with E-state index in [4.69, 9.17) is 19.9 Å². The van der Waals surface area contributed by atoms with Crippen molar-refractivity contribution in [3.8, 4) is 5.75 Å². The summed E-state index contributed by atoms with van der Waals surface area (Å²) in [5.41, 5.74) is 0.628. The summed E-state index contributed by atoms with van der Waals surface area (Å²) in [7, 11) is 0. The number of rotatable bonds is 8. The van der Waals surface area contributed by atoms with Gasteiger partial charge in [0, 0.05) is 5.56 Å². The first-order chi connectivity index (χ1) is 8.27. The van der Waals surface area contributed by atoms with Crippen LogP contribution in [-0.2, 0) is 16.2 Å². The van der Waals surface area contributed by atoms with Crippen LogP contribution in [-0.4, -0.2) is 47.0 Å². The summed E-state index contributed by atoms with van der Waals surface area (Å²) in [5, 5.41) is 28.0. The molecule has 3 N–H and O–H groups in total. The molecule has 0 spiro atoms. The second-order valence-corrected chi connectivity index (χ2v) is 3.23. The molecule has 0 amide bonds. The number of phenolic OH excluding ortho intramolecular Hbond substituents is 1. The minimum absolute atomic E-state index is 0.0824. The molecule has 0 fully saturated rings. The van der Waals surface area contributed by atoms with Crippen LogP contribution in [0.25, 0.3) is 0 Å². The molecule has 0 unspecified atom stereocenters. The number of aliphatic hydroxyl groups is 2. The van der Waals surface area contributed by atoms with Gasteiger partial charge in [-0.25, -0.2) is 0 Å². The van der Waals surface area contributed by atoms with E-state index in [1.165, 1.54) is 0 Å². The lowest BCUT2D eigenvalue weighted by Crippen LogP contribution is -2.27. The minimum atomic E-state index is -0.139. The van der Waals surface area contributed by atoms with Crippen molar-refractivity contribution in [3.05, 3.63) is 29.8 Å². The molecule has 1 aromatic carbocycles. The maximum absolute atomic E-state index is 9.57. The zero-order valence-electron chi connectivity index (χ0n) is 9.45. The zero-order chi connectivity index (χ0) is 12.5. The van der Waals surface area contributed by atoms with E-state index in [2.05, 4.69) is 0 Å². The first-order valence-electron chi connectivity index (χ1n) is 5.30. The molecular weight excluding hydrogens is 226 g/mol. The van der Waals surface area contributed by atoms with Crippen LogP contribution in [0.2, 0.25) is 0 Å². The van der Waals surface area contributed by atoms with Gasteiger partial charge in [-0.05, 0) is 6.07 Å². The molecule has 0 aliphatic carbocycles. The van der Waals surface area contributed by atoms with Crippen molar-refractivity contribution in [2.45, 2.75) is 6.54 Å². The first-order valence-corrected chi connectivity index (χ1v) is 5.30. The Hall–Kier alpha value is -1.18. The summed E-state index contributed by atoms with van der Waals surface area (Å²) < 4.78 is 0. The molecule has 0 saturated carbocycles. The predicted molar refractivity (Wildman–Crippen MR) is 59.7 cm³/mol. The molecule has 0 aromatic heterocycles. The van der Waals surface area contributed by atoms with Gasteiger partial charge >= 0.3 is 0 Å². The highest BCUT2D eigenvalue weighted by Gasteiger charge is 2.09. The summed E-state index contributed by atoms with van der Waals surface area (Å²) in [6.45, 7) is 0.0875. The summed E-state index contributed by atoms with van der Waals surface area (Å²) in [6, 6.07) is 6.79. The Morgan fingerprint density at radius 2 is 1.59 bits per heavy atom. The number of para-hydroxylation sites is 1. The van der Waals surface area contributed by atoms with E-state index < -0.39 is 0 Å². The lowest BCUT2D eigenvalue weighted by molar-refractivity contribution is -0.378. The van der Waals surface area contributed by atoms with E-state index in [1.54, 1.807) is 24.3 Å². The SMILES string of the molecule is OCCON(Cc1ccccc1O)OCCO. The lowest BCUT2D eigenvalue weighted by Gasteiger charge is -2.20. The normalized spacial score (nSPS) is 11.0. The van der Waals surface area contributed by atoms with Crippen LogP contribution in [0.5, 0.6) is 5.75 Å². The maximum atomic E-state index is 9.57. The third-order valence-corrected chi connectivity index (χ3v) is 1.94. The highest BCUT2D eigenvalue weighted by Crippen LogP contribution is 2.17. The number of hydrogen-bond donors (Lipinski definition) is 3. The Morgan fingerprint density at radius 3 is 2.12 bits per heavy atom. The third-order valence-electron chi connectivity index (χ3n) is 1.94. The minimum Gasteiger partial charge on any atom is -0.508 e. The van der Waals surface area contributed by atoms with Gasteiger partial charge < -0.3 is 15.3 Å². The van der Waals surface area contributed by atoms with Gasteiger partial charge in [-0.3, -0.25) is 9.68 Å². The molecule has 0 aliphatic heterocycles. The highest BCUT2D eigenvalue weighted by atomic mass is 16.9. The van der Waals surface area contributed by atoms with E-state index in [9.17, 15) is 5.11 Å². The van der Waals surface area contributed by atoms with Gasteiger partial charge in [0.15, 0.2) is 0 Å². The fourth-order valence-electron chi connectivity index (χ4n) is 1.20. The molecule has 17 heavy (non-hydrogen) atoms. The van der Waals surface area contributed by atoms with Crippen molar-refractivity contribution in [2.24, 2.45) is 0 Å². The Balaban J connectivity index is 2.55. The van der Waals surface area contributed by atoms with E-state index in [1.807, 2.05) is 0 Å². The monoisotopic (exact) mass is 243 g/mol. The second kappa shape index (κ2) is 7.99. The average Bonchev–Trinajstić information content (AvgIpc) is 2.35. The van der Waals surface area contributed by atoms with Crippen molar-refractivity contribution in [3.63, 3.8) is 0 Å². The topological polar surface area (TPSA) is 82.4 Å². The van der Waals surface area contributed by atoms with Crippen molar-refractivity contribution in [1.29, 1.82) is 0 Å². The molecule has 96 valence electrons. The fourth-order valence-corrected chi connectivity index (χ4v) is 1.20. The van der Waals surface area contributed by atoms with Crippen LogP contribution in [0.15, 0.2) is 24.3 Å². The smallest absolute Gasteiger partial charge is 0.120 e. The quantitative estimate of drug-likeness (QED) is 0.559. The summed E-state index contributed by atoms with van der Waals surface area (Å²) in [6.07, 6.45) is 0. The van der Waals surface area contributed by atoms with Gasteiger partial charge in [0.2, 0.25) is 0 Å². The number of nitrogens with zero attached hydrogens (tertiary/aromatic N) is 1. The molecule has 1 rings (SSSR count). The van der Waals surface area contributed by atoms with Crippen molar-refractivity contribution in [1.82, 2.24) is 5.23 Å². The largest absolute Gasteiger partial charge is 0.508 e. The maximum Gasteiger partial charge on any atom is 0.120 e. The number of aromatic hydroxyl groups is 1. The number of hydroxylamine groups is 2. The van der Waals surface area contributed by atoms with Crippen molar-refractivity contribution in [2.75, 3.05) is 26.4 Å². The standard InChI is InChI=1S/C11H17NO5/c13-5-7-16-12(17-8-6-14)9-10-3-1-2-4-11(10)15/h1-4,13-15H,5-9H2. The van der Waals surface area contributed by atoms with Crippen molar-refractivity contribution < 1.29 is 25.0 Å². The Morgan fingerprint density at radius 1 is 1.00 bits per heavy atom. The van der Waals surface area contributed by atoms with Crippen LogP contribution >= 0.6 is 0 Å². The molecule has 0 saturated heterocycles. The van der Waals surface area contributed by atoms with Crippen LogP contribution in [0.1, 0.15) is 5.56 Å². The molecule has 1 aromatic rings. The number of hydrogen-bond acceptors (Lipinski definition) is 6. The fraction of sp³-hybridized carbons (Fsp3) is 0.455. The number of phenols is 1. The summed E-state index contributed by atoms with van der Waals surface area (Å²) in [4.78, 5) is 10.2. The molecule has 6 nitrogen and oxygen atoms in total. The van der Waals surface area contributed by atoms with Crippen LogP contribution < -0.4 is 0 Å². The van der Waals surface area contributed by atoms with Crippen molar-refractivity contribution >= 4 is 0 Å². The van der Waals surface area contributed by atoms with E-state index in [0.29, 0.717) is 5.56 Å². The lowest BCUT2D eigenvalue weighted by atomic mass is 10.2. The third kappa shape index (κ3) is 5.12. The summed E-state index contributed by atoms with van der Waals surface area (Å²) in [5.74, 6) is 0.137. The Labute approximate surface area is 99.5 Å². The molecule has 6 heteroatoms.